The molecule has 0 bridgehead atoms. The molecule has 2 rings (SSSR count). The van der Waals surface area contributed by atoms with Gasteiger partial charge in [0, 0.05) is 18.5 Å². The molecule has 2 heterocycles. The van der Waals surface area contributed by atoms with E-state index in [1.165, 1.54) is 12.8 Å². The van der Waals surface area contributed by atoms with Gasteiger partial charge in [-0.3, -0.25) is 0 Å². The van der Waals surface area contributed by atoms with Gasteiger partial charge in [-0.1, -0.05) is 11.6 Å². The highest BCUT2D eigenvalue weighted by Gasteiger charge is 2.13. The Kier molecular flexibility index (Phi) is 5.80. The normalized spacial score (nSPS) is 19.9. The molecule has 0 aliphatic carbocycles. The lowest BCUT2D eigenvalue weighted by atomic mass is 10.0. The number of ether oxygens (including phenoxy) is 1. The van der Waals surface area contributed by atoms with Crippen molar-refractivity contribution >= 4 is 24.0 Å². The summed E-state index contributed by atoms with van der Waals surface area (Å²) >= 11 is 5.62. The van der Waals surface area contributed by atoms with Crippen LogP contribution in [-0.2, 0) is 0 Å². The maximum atomic E-state index is 5.62. The van der Waals surface area contributed by atoms with E-state index in [0.29, 0.717) is 23.6 Å². The lowest BCUT2D eigenvalue weighted by Crippen LogP contribution is -2.33. The summed E-state index contributed by atoms with van der Waals surface area (Å²) in [4.78, 5) is 0. The Morgan fingerprint density at radius 2 is 2.31 bits per heavy atom. The van der Waals surface area contributed by atoms with Gasteiger partial charge >= 0.3 is 0 Å². The first-order valence-corrected chi connectivity index (χ1v) is 5.55. The Balaban J connectivity index is 0.00000128. The topological polar surface area (TPSA) is 47.0 Å². The average molecular weight is 264 g/mol. The fourth-order valence-corrected chi connectivity index (χ4v) is 1.75. The van der Waals surface area contributed by atoms with Crippen LogP contribution in [0.1, 0.15) is 12.8 Å². The van der Waals surface area contributed by atoms with Crippen LogP contribution in [0.4, 0.5) is 0 Å². The molecule has 1 atom stereocenters. The van der Waals surface area contributed by atoms with Crippen LogP contribution in [0.5, 0.6) is 5.88 Å². The molecule has 1 unspecified atom stereocenters. The highest BCUT2D eigenvalue weighted by molar-refractivity contribution is 6.29. The standard InChI is InChI=1S/C10H14ClN3O.ClH/c11-9-3-4-10(14-13-9)15-7-8-2-1-5-12-6-8;/h3-4,8,12H,1-2,5-7H2;1H. The minimum absolute atomic E-state index is 0. The molecule has 0 aromatic carbocycles. The molecule has 1 aliphatic rings. The van der Waals surface area contributed by atoms with Crippen molar-refractivity contribution in [3.8, 4) is 5.88 Å². The number of nitrogens with zero attached hydrogens (tertiary/aromatic N) is 2. The molecule has 6 heteroatoms. The third-order valence-electron chi connectivity index (χ3n) is 2.47. The van der Waals surface area contributed by atoms with Crippen LogP contribution in [0.2, 0.25) is 5.15 Å². The minimum Gasteiger partial charge on any atom is -0.476 e. The van der Waals surface area contributed by atoms with Crippen LogP contribution in [-0.4, -0.2) is 29.9 Å². The summed E-state index contributed by atoms with van der Waals surface area (Å²) in [7, 11) is 0. The van der Waals surface area contributed by atoms with E-state index in [1.54, 1.807) is 12.1 Å². The van der Waals surface area contributed by atoms with Gasteiger partial charge in [-0.25, -0.2) is 0 Å². The summed E-state index contributed by atoms with van der Waals surface area (Å²) in [5.41, 5.74) is 0. The molecule has 90 valence electrons. The second-order valence-electron chi connectivity index (χ2n) is 3.72. The van der Waals surface area contributed by atoms with Crippen molar-refractivity contribution in [3.05, 3.63) is 17.3 Å². The molecule has 1 fully saturated rings. The van der Waals surface area contributed by atoms with Gasteiger partial charge in [0.2, 0.25) is 5.88 Å². The first-order valence-electron chi connectivity index (χ1n) is 5.17. The first kappa shape index (κ1) is 13.5. The molecule has 0 radical (unpaired) electrons. The van der Waals surface area contributed by atoms with Crippen LogP contribution in [0.25, 0.3) is 0 Å². The molecule has 1 aromatic heterocycles. The van der Waals surface area contributed by atoms with Gasteiger partial charge in [0.15, 0.2) is 5.15 Å². The number of rotatable bonds is 3. The van der Waals surface area contributed by atoms with E-state index in [-0.39, 0.29) is 12.4 Å². The van der Waals surface area contributed by atoms with Crippen LogP contribution >= 0.6 is 24.0 Å². The summed E-state index contributed by atoms with van der Waals surface area (Å²) < 4.78 is 5.53. The predicted molar refractivity (Wildman–Crippen MR) is 65.4 cm³/mol. The zero-order valence-corrected chi connectivity index (χ0v) is 10.4. The maximum Gasteiger partial charge on any atom is 0.233 e. The Morgan fingerprint density at radius 1 is 1.44 bits per heavy atom. The average Bonchev–Trinajstić information content (AvgIpc) is 2.30. The van der Waals surface area contributed by atoms with Gasteiger partial charge in [-0.05, 0) is 25.5 Å². The van der Waals surface area contributed by atoms with Crippen molar-refractivity contribution in [2.45, 2.75) is 12.8 Å². The van der Waals surface area contributed by atoms with E-state index < -0.39 is 0 Å². The van der Waals surface area contributed by atoms with Crippen LogP contribution in [0, 0.1) is 5.92 Å². The van der Waals surface area contributed by atoms with Crippen LogP contribution in [0.15, 0.2) is 12.1 Å². The lowest BCUT2D eigenvalue weighted by molar-refractivity contribution is 0.210. The molecule has 0 saturated carbocycles. The Hall–Kier alpha value is -0.580. The zero-order chi connectivity index (χ0) is 10.5. The molecule has 1 aliphatic heterocycles. The molecular formula is C10H15Cl2N3O. The summed E-state index contributed by atoms with van der Waals surface area (Å²) in [5, 5.41) is 11.3. The van der Waals surface area contributed by atoms with Gasteiger partial charge in [0.05, 0.1) is 6.61 Å². The molecule has 0 amide bonds. The van der Waals surface area contributed by atoms with Crippen molar-refractivity contribution in [1.82, 2.24) is 15.5 Å². The number of hydrogen-bond acceptors (Lipinski definition) is 4. The van der Waals surface area contributed by atoms with Crippen molar-refractivity contribution in [2.24, 2.45) is 5.92 Å². The van der Waals surface area contributed by atoms with E-state index >= 15 is 0 Å². The smallest absolute Gasteiger partial charge is 0.233 e. The quantitative estimate of drug-likeness (QED) is 0.906. The molecule has 0 spiro atoms. The molecule has 1 saturated heterocycles. The second kappa shape index (κ2) is 6.89. The number of halogens is 2. The van der Waals surface area contributed by atoms with Gasteiger partial charge in [-0.15, -0.1) is 22.6 Å². The summed E-state index contributed by atoms with van der Waals surface area (Å²) in [6, 6.07) is 3.43. The van der Waals surface area contributed by atoms with Crippen molar-refractivity contribution in [3.63, 3.8) is 0 Å². The van der Waals surface area contributed by atoms with Crippen molar-refractivity contribution in [2.75, 3.05) is 19.7 Å². The number of aromatic nitrogens is 2. The largest absolute Gasteiger partial charge is 0.476 e. The number of nitrogens with one attached hydrogen (secondary N) is 1. The Morgan fingerprint density at radius 3 is 2.94 bits per heavy atom. The molecule has 16 heavy (non-hydrogen) atoms. The second-order valence-corrected chi connectivity index (χ2v) is 4.10. The maximum absolute atomic E-state index is 5.62. The summed E-state index contributed by atoms with van der Waals surface area (Å²) in [5.74, 6) is 1.13. The number of hydrogen-bond donors (Lipinski definition) is 1. The lowest BCUT2D eigenvalue weighted by Gasteiger charge is -2.22. The summed E-state index contributed by atoms with van der Waals surface area (Å²) in [6.45, 7) is 2.85. The fraction of sp³-hybridized carbons (Fsp3) is 0.600. The zero-order valence-electron chi connectivity index (χ0n) is 8.86. The summed E-state index contributed by atoms with van der Waals surface area (Å²) in [6.07, 6.45) is 2.44. The third kappa shape index (κ3) is 4.12. The van der Waals surface area contributed by atoms with Crippen LogP contribution < -0.4 is 10.1 Å². The van der Waals surface area contributed by atoms with Crippen molar-refractivity contribution < 1.29 is 4.74 Å². The van der Waals surface area contributed by atoms with Crippen molar-refractivity contribution in [1.29, 1.82) is 0 Å². The van der Waals surface area contributed by atoms with E-state index in [0.717, 1.165) is 13.1 Å². The molecule has 4 nitrogen and oxygen atoms in total. The highest BCUT2D eigenvalue weighted by Crippen LogP contribution is 2.13. The van der Waals surface area contributed by atoms with Gasteiger partial charge in [0.1, 0.15) is 0 Å². The number of piperidine rings is 1. The molecular weight excluding hydrogens is 249 g/mol. The third-order valence-corrected chi connectivity index (χ3v) is 2.67. The first-order chi connectivity index (χ1) is 7.34. The van der Waals surface area contributed by atoms with E-state index in [9.17, 15) is 0 Å². The fourth-order valence-electron chi connectivity index (χ4n) is 1.65. The minimum atomic E-state index is 0. The Bertz CT molecular complexity index is 301. The van der Waals surface area contributed by atoms with E-state index in [1.807, 2.05) is 0 Å². The van der Waals surface area contributed by atoms with Gasteiger partial charge < -0.3 is 10.1 Å². The van der Waals surface area contributed by atoms with Gasteiger partial charge in [-0.2, -0.15) is 0 Å². The van der Waals surface area contributed by atoms with E-state index in [2.05, 4.69) is 15.5 Å². The molecule has 1 aromatic rings. The molecule has 1 N–H and O–H groups in total. The monoisotopic (exact) mass is 263 g/mol. The SMILES string of the molecule is Cl.Clc1ccc(OCC2CCCNC2)nn1. The van der Waals surface area contributed by atoms with E-state index in [4.69, 9.17) is 16.3 Å². The highest BCUT2D eigenvalue weighted by atomic mass is 35.5. The Labute approximate surface area is 106 Å². The predicted octanol–water partition coefficient (Wildman–Crippen LogP) is 1.93. The van der Waals surface area contributed by atoms with Gasteiger partial charge in [0.25, 0.3) is 0 Å². The van der Waals surface area contributed by atoms with Crippen LogP contribution in [0.3, 0.4) is 0 Å².